The van der Waals surface area contributed by atoms with E-state index in [0.717, 1.165) is 5.39 Å². The van der Waals surface area contributed by atoms with Gasteiger partial charge in [-0.05, 0) is 48.4 Å². The van der Waals surface area contributed by atoms with Crippen molar-refractivity contribution >= 4 is 33.7 Å². The molecule has 0 amide bonds. The maximum Gasteiger partial charge on any atom is 0.356 e. The van der Waals surface area contributed by atoms with Crippen LogP contribution in [0.2, 0.25) is 0 Å². The smallest absolute Gasteiger partial charge is 0.356 e. The summed E-state index contributed by atoms with van der Waals surface area (Å²) in [6.07, 6.45) is 0. The van der Waals surface area contributed by atoms with E-state index in [0.29, 0.717) is 27.8 Å². The number of carbonyl (C=O) groups is 1. The Hall–Kier alpha value is -4.79. The topological polar surface area (TPSA) is 141 Å². The summed E-state index contributed by atoms with van der Waals surface area (Å²) in [5.74, 6) is -0.408. The summed E-state index contributed by atoms with van der Waals surface area (Å²) in [6.45, 7) is 1.87. The van der Waals surface area contributed by atoms with Crippen molar-refractivity contribution in [2.24, 2.45) is 0 Å². The largest absolute Gasteiger partial charge is 0.504 e. The highest BCUT2D eigenvalue weighted by atomic mass is 16.5. The van der Waals surface area contributed by atoms with E-state index in [2.05, 4.69) is 9.97 Å². The number of ether oxygens (including phenoxy) is 2. The number of phenols is 1. The van der Waals surface area contributed by atoms with Gasteiger partial charge in [0.1, 0.15) is 11.2 Å². The van der Waals surface area contributed by atoms with Crippen LogP contribution in [0.15, 0.2) is 63.8 Å². The molecule has 5 rings (SSSR count). The van der Waals surface area contributed by atoms with Gasteiger partial charge in [-0.1, -0.05) is 24.3 Å². The van der Waals surface area contributed by atoms with Gasteiger partial charge >= 0.3 is 11.6 Å². The average molecular weight is 471 g/mol. The quantitative estimate of drug-likeness (QED) is 0.252. The van der Waals surface area contributed by atoms with Crippen LogP contribution in [-0.2, 0) is 4.74 Å². The van der Waals surface area contributed by atoms with Crippen LogP contribution in [0.3, 0.4) is 0 Å². The Kier molecular flexibility index (Phi) is 5.37. The lowest BCUT2D eigenvalue weighted by Crippen LogP contribution is -2.07. The number of anilines is 1. The van der Waals surface area contributed by atoms with E-state index < -0.39 is 11.6 Å². The normalized spacial score (nSPS) is 11.1. The summed E-state index contributed by atoms with van der Waals surface area (Å²) in [4.78, 5) is 32.9. The number of benzene rings is 2. The molecular weight excluding hydrogens is 450 g/mol. The van der Waals surface area contributed by atoms with Crippen molar-refractivity contribution < 1.29 is 23.8 Å². The van der Waals surface area contributed by atoms with Gasteiger partial charge in [0.15, 0.2) is 17.2 Å². The van der Waals surface area contributed by atoms with Gasteiger partial charge < -0.3 is 29.7 Å². The summed E-state index contributed by atoms with van der Waals surface area (Å²) >= 11 is 0. The second kappa shape index (κ2) is 8.53. The van der Waals surface area contributed by atoms with Crippen molar-refractivity contribution in [3.8, 4) is 33.9 Å². The van der Waals surface area contributed by atoms with Crippen molar-refractivity contribution in [3.05, 3.63) is 70.7 Å². The molecule has 9 heteroatoms. The number of rotatable bonds is 5. The van der Waals surface area contributed by atoms with Gasteiger partial charge in [-0.15, -0.1) is 0 Å². The number of methoxy groups -OCH3 is 1. The second-order valence-corrected chi connectivity index (χ2v) is 7.78. The number of nitrogens with one attached hydrogen (secondary N) is 1. The molecule has 0 bridgehead atoms. The number of hydrogen-bond donors (Lipinski definition) is 3. The Balaban J connectivity index is 1.82. The number of aromatic hydroxyl groups is 1. The van der Waals surface area contributed by atoms with Crippen LogP contribution in [0, 0.1) is 0 Å². The molecule has 3 heterocycles. The zero-order chi connectivity index (χ0) is 24.7. The number of fused-ring (bicyclic) bond motifs is 2. The van der Waals surface area contributed by atoms with E-state index in [1.807, 2.05) is 12.1 Å². The lowest BCUT2D eigenvalue weighted by atomic mass is 9.99. The minimum Gasteiger partial charge on any atom is -0.504 e. The average Bonchev–Trinajstić information content (AvgIpc) is 3.20. The zero-order valence-corrected chi connectivity index (χ0v) is 18.9. The fourth-order valence-corrected chi connectivity index (χ4v) is 4.03. The molecule has 5 aromatic rings. The number of nitrogens with two attached hydrogens (primary N) is 1. The fraction of sp³-hybridized carbons (Fsp3) is 0.115. The predicted molar refractivity (Wildman–Crippen MR) is 132 cm³/mol. The molecule has 176 valence electrons. The van der Waals surface area contributed by atoms with Crippen molar-refractivity contribution in [3.63, 3.8) is 0 Å². The Labute approximate surface area is 198 Å². The van der Waals surface area contributed by atoms with Gasteiger partial charge in [0.2, 0.25) is 0 Å². The molecule has 0 saturated heterocycles. The minimum atomic E-state index is -0.621. The Morgan fingerprint density at radius 2 is 1.94 bits per heavy atom. The first-order chi connectivity index (χ1) is 16.9. The Morgan fingerprint density at radius 1 is 1.14 bits per heavy atom. The van der Waals surface area contributed by atoms with E-state index in [4.69, 9.17) is 19.6 Å². The first-order valence-corrected chi connectivity index (χ1v) is 10.8. The molecule has 3 aromatic heterocycles. The number of pyridine rings is 1. The first-order valence-electron chi connectivity index (χ1n) is 10.8. The second-order valence-electron chi connectivity index (χ2n) is 7.78. The van der Waals surface area contributed by atoms with Crippen LogP contribution in [0.5, 0.6) is 11.5 Å². The molecule has 0 saturated carbocycles. The Bertz CT molecular complexity index is 1670. The number of hydrogen-bond acceptors (Lipinski definition) is 8. The molecular formula is C26H21N3O6. The molecule has 0 unspecified atom stereocenters. The molecule has 0 aliphatic rings. The van der Waals surface area contributed by atoms with Gasteiger partial charge in [-0.2, -0.15) is 0 Å². The van der Waals surface area contributed by atoms with Crippen LogP contribution in [0.25, 0.3) is 44.4 Å². The van der Waals surface area contributed by atoms with Crippen molar-refractivity contribution in [2.75, 3.05) is 19.5 Å². The highest BCUT2D eigenvalue weighted by molar-refractivity contribution is 6.10. The molecule has 35 heavy (non-hydrogen) atoms. The third kappa shape index (κ3) is 3.72. The van der Waals surface area contributed by atoms with E-state index >= 15 is 0 Å². The summed E-state index contributed by atoms with van der Waals surface area (Å²) < 4.78 is 15.9. The molecule has 2 aromatic carbocycles. The number of carbonyl (C=O) groups excluding carboxylic acids is 1. The number of esters is 1. The molecule has 0 spiro atoms. The molecule has 4 N–H and O–H groups in total. The number of aromatic nitrogens is 2. The van der Waals surface area contributed by atoms with Crippen LogP contribution < -0.4 is 16.1 Å². The van der Waals surface area contributed by atoms with Crippen LogP contribution in [0.1, 0.15) is 17.4 Å². The third-order valence-corrected chi connectivity index (χ3v) is 5.69. The maximum absolute atomic E-state index is 12.9. The van der Waals surface area contributed by atoms with Gasteiger partial charge in [-0.25, -0.2) is 14.6 Å². The SMILES string of the molecule is CCOC(=O)c1[nH]c2nc(-c3cc4ccccc4oc3=O)cc(-c3ccc(O)c(OC)c3)c2c1N. The van der Waals surface area contributed by atoms with Crippen LogP contribution in [-0.4, -0.2) is 34.8 Å². The number of nitrogen functional groups attached to an aromatic ring is 1. The summed E-state index contributed by atoms with van der Waals surface area (Å²) in [6, 6.07) is 15.4. The predicted octanol–water partition coefficient (Wildman–Crippen LogP) is 4.48. The maximum atomic E-state index is 12.9. The van der Waals surface area contributed by atoms with Crippen molar-refractivity contribution in [1.29, 1.82) is 0 Å². The monoisotopic (exact) mass is 471 g/mol. The number of phenolic OH excluding ortho intramolecular Hbond substituents is 1. The van der Waals surface area contributed by atoms with Gasteiger partial charge in [0.25, 0.3) is 0 Å². The highest BCUT2D eigenvalue weighted by Crippen LogP contribution is 2.39. The molecule has 9 nitrogen and oxygen atoms in total. The van der Waals surface area contributed by atoms with Crippen molar-refractivity contribution in [2.45, 2.75) is 6.92 Å². The van der Waals surface area contributed by atoms with Gasteiger partial charge in [0.05, 0.1) is 36.0 Å². The Morgan fingerprint density at radius 3 is 2.71 bits per heavy atom. The van der Waals surface area contributed by atoms with E-state index in [9.17, 15) is 14.7 Å². The van der Waals surface area contributed by atoms with E-state index in [1.165, 1.54) is 13.2 Å². The molecule has 0 atom stereocenters. The van der Waals surface area contributed by atoms with E-state index in [-0.39, 0.29) is 40.7 Å². The van der Waals surface area contributed by atoms with Crippen molar-refractivity contribution in [1.82, 2.24) is 9.97 Å². The molecule has 0 fully saturated rings. The third-order valence-electron chi connectivity index (χ3n) is 5.69. The number of nitrogens with zero attached hydrogens (tertiary/aromatic N) is 1. The lowest BCUT2D eigenvalue weighted by Gasteiger charge is -2.11. The van der Waals surface area contributed by atoms with E-state index in [1.54, 1.807) is 43.3 Å². The van der Waals surface area contributed by atoms with Gasteiger partial charge in [0, 0.05) is 5.39 Å². The summed E-state index contributed by atoms with van der Waals surface area (Å²) in [5, 5.41) is 11.3. The number of aromatic amines is 1. The number of para-hydroxylation sites is 1. The fourth-order valence-electron chi connectivity index (χ4n) is 4.03. The lowest BCUT2D eigenvalue weighted by molar-refractivity contribution is 0.0522. The summed E-state index contributed by atoms with van der Waals surface area (Å²) in [5.41, 5.74) is 8.52. The first kappa shape index (κ1) is 22.0. The van der Waals surface area contributed by atoms with Crippen LogP contribution >= 0.6 is 0 Å². The standard InChI is InChI=1S/C26H21N3O6/c1-3-34-26(32)23-22(27)21-15(13-8-9-18(30)20(11-13)33-2)12-17(28-24(21)29-23)16-10-14-6-4-5-7-19(14)35-25(16)31/h4-12,30H,3,27H2,1-2H3,(H,28,29). The van der Waals surface area contributed by atoms with Gasteiger partial charge in [-0.3, -0.25) is 0 Å². The van der Waals surface area contributed by atoms with Crippen LogP contribution in [0.4, 0.5) is 5.69 Å². The zero-order valence-electron chi connectivity index (χ0n) is 18.9. The molecule has 0 aliphatic heterocycles. The highest BCUT2D eigenvalue weighted by Gasteiger charge is 2.23. The molecule has 0 aliphatic carbocycles. The molecule has 0 radical (unpaired) electrons. The summed E-state index contributed by atoms with van der Waals surface area (Å²) in [7, 11) is 1.44. The minimum absolute atomic E-state index is 0.0359. The number of H-pyrrole nitrogens is 1.